The van der Waals surface area contributed by atoms with Crippen LogP contribution in [0, 0.1) is 18.2 Å². The van der Waals surface area contributed by atoms with Crippen LogP contribution in [-0.4, -0.2) is 0 Å². The summed E-state index contributed by atoms with van der Waals surface area (Å²) in [6, 6.07) is 6.20. The minimum atomic E-state index is -0.222. The Morgan fingerprint density at radius 1 is 1.30 bits per heavy atom. The number of terminal acetylenes is 1. The van der Waals surface area contributed by atoms with Crippen molar-refractivity contribution in [3.8, 4) is 12.3 Å². The molecular formula is C9H7F. The van der Waals surface area contributed by atoms with Gasteiger partial charge in [0.15, 0.2) is 0 Å². The Hall–Kier alpha value is -1.29. The third-order valence-corrected chi connectivity index (χ3v) is 1.22. The normalized spacial score (nSPS) is 8.80. The third-order valence-electron chi connectivity index (χ3n) is 1.22. The van der Waals surface area contributed by atoms with E-state index in [1.165, 1.54) is 12.1 Å². The molecule has 1 rings (SSSR count). The van der Waals surface area contributed by atoms with E-state index in [9.17, 15) is 4.39 Å². The Morgan fingerprint density at radius 2 is 1.90 bits per heavy atom. The van der Waals surface area contributed by atoms with Crippen LogP contribution in [0.2, 0.25) is 0 Å². The molecule has 0 aliphatic heterocycles. The van der Waals surface area contributed by atoms with Gasteiger partial charge in [0.25, 0.3) is 0 Å². The van der Waals surface area contributed by atoms with Gasteiger partial charge in [-0.05, 0) is 17.7 Å². The monoisotopic (exact) mass is 134 g/mol. The summed E-state index contributed by atoms with van der Waals surface area (Å²) in [4.78, 5) is 0. The Morgan fingerprint density at radius 3 is 2.40 bits per heavy atom. The molecule has 0 atom stereocenters. The second-order valence-corrected chi connectivity index (χ2v) is 2.01. The summed E-state index contributed by atoms with van der Waals surface area (Å²) in [5, 5.41) is 0. The van der Waals surface area contributed by atoms with Gasteiger partial charge in [0.2, 0.25) is 0 Å². The van der Waals surface area contributed by atoms with E-state index in [1.54, 1.807) is 12.1 Å². The molecule has 0 nitrogen and oxygen atoms in total. The van der Waals surface area contributed by atoms with E-state index in [1.807, 2.05) is 0 Å². The molecular weight excluding hydrogens is 127 g/mol. The highest BCUT2D eigenvalue weighted by molar-refractivity contribution is 5.19. The summed E-state index contributed by atoms with van der Waals surface area (Å²) in [6.07, 6.45) is 5.62. The van der Waals surface area contributed by atoms with Gasteiger partial charge in [0.05, 0.1) is 0 Å². The van der Waals surface area contributed by atoms with Gasteiger partial charge in [0, 0.05) is 6.42 Å². The summed E-state index contributed by atoms with van der Waals surface area (Å²) in [6.45, 7) is 0. The SMILES string of the molecule is C#CCc1ccc(F)cc1. The molecule has 10 heavy (non-hydrogen) atoms. The highest BCUT2D eigenvalue weighted by Crippen LogP contribution is 2.01. The highest BCUT2D eigenvalue weighted by Gasteiger charge is 1.89. The van der Waals surface area contributed by atoms with E-state index < -0.39 is 0 Å². The summed E-state index contributed by atoms with van der Waals surface area (Å²) in [7, 11) is 0. The maximum absolute atomic E-state index is 12.3. The van der Waals surface area contributed by atoms with Crippen LogP contribution < -0.4 is 0 Å². The molecule has 50 valence electrons. The van der Waals surface area contributed by atoms with Crippen LogP contribution in [0.5, 0.6) is 0 Å². The zero-order chi connectivity index (χ0) is 7.40. The summed E-state index contributed by atoms with van der Waals surface area (Å²) < 4.78 is 12.3. The maximum Gasteiger partial charge on any atom is 0.123 e. The molecule has 0 heterocycles. The van der Waals surface area contributed by atoms with E-state index in [4.69, 9.17) is 6.42 Å². The van der Waals surface area contributed by atoms with Crippen molar-refractivity contribution in [2.75, 3.05) is 0 Å². The minimum Gasteiger partial charge on any atom is -0.207 e. The molecule has 0 aliphatic rings. The lowest BCUT2D eigenvalue weighted by molar-refractivity contribution is 0.627. The second kappa shape index (κ2) is 3.03. The number of hydrogen-bond donors (Lipinski definition) is 0. The Labute approximate surface area is 59.7 Å². The van der Waals surface area contributed by atoms with E-state index in [-0.39, 0.29) is 5.82 Å². The standard InChI is InChI=1S/C9H7F/c1-2-3-8-4-6-9(10)7-5-8/h1,4-7H,3H2. The van der Waals surface area contributed by atoms with Crippen molar-refractivity contribution in [3.63, 3.8) is 0 Å². The molecule has 1 aromatic rings. The van der Waals surface area contributed by atoms with Crippen molar-refractivity contribution >= 4 is 0 Å². The predicted molar refractivity (Wildman–Crippen MR) is 38.9 cm³/mol. The minimum absolute atomic E-state index is 0.222. The lowest BCUT2D eigenvalue weighted by Crippen LogP contribution is -1.80. The first-order valence-electron chi connectivity index (χ1n) is 3.01. The lowest BCUT2D eigenvalue weighted by Gasteiger charge is -1.92. The first-order valence-corrected chi connectivity index (χ1v) is 3.01. The molecule has 0 unspecified atom stereocenters. The highest BCUT2D eigenvalue weighted by atomic mass is 19.1. The fourth-order valence-electron chi connectivity index (χ4n) is 0.720. The zero-order valence-electron chi connectivity index (χ0n) is 5.47. The second-order valence-electron chi connectivity index (χ2n) is 2.01. The lowest BCUT2D eigenvalue weighted by atomic mass is 10.2. The number of halogens is 1. The average Bonchev–Trinajstić information content (AvgIpc) is 1.95. The van der Waals surface area contributed by atoms with Crippen molar-refractivity contribution in [2.45, 2.75) is 6.42 Å². The molecule has 0 spiro atoms. The van der Waals surface area contributed by atoms with Crippen molar-refractivity contribution in [3.05, 3.63) is 35.6 Å². The van der Waals surface area contributed by atoms with Gasteiger partial charge in [-0.25, -0.2) is 4.39 Å². The summed E-state index contributed by atoms with van der Waals surface area (Å²) in [5.74, 6) is 2.26. The van der Waals surface area contributed by atoms with Gasteiger partial charge in [-0.3, -0.25) is 0 Å². The van der Waals surface area contributed by atoms with Gasteiger partial charge < -0.3 is 0 Å². The van der Waals surface area contributed by atoms with E-state index in [0.29, 0.717) is 6.42 Å². The van der Waals surface area contributed by atoms with Crippen LogP contribution >= 0.6 is 0 Å². The molecule has 0 aromatic heterocycles. The number of benzene rings is 1. The third kappa shape index (κ3) is 1.60. The Kier molecular flexibility index (Phi) is 2.07. The Bertz CT molecular complexity index is 240. The van der Waals surface area contributed by atoms with Crippen LogP contribution in [-0.2, 0) is 6.42 Å². The molecule has 0 N–H and O–H groups in total. The van der Waals surface area contributed by atoms with Gasteiger partial charge in [-0.2, -0.15) is 0 Å². The molecule has 1 aromatic carbocycles. The fourth-order valence-corrected chi connectivity index (χ4v) is 0.720. The Balaban J connectivity index is 2.81. The fraction of sp³-hybridized carbons (Fsp3) is 0.111. The van der Waals surface area contributed by atoms with Gasteiger partial charge in [-0.15, -0.1) is 12.3 Å². The van der Waals surface area contributed by atoms with Crippen molar-refractivity contribution in [2.24, 2.45) is 0 Å². The molecule has 1 heteroatoms. The van der Waals surface area contributed by atoms with Crippen LogP contribution in [0.1, 0.15) is 5.56 Å². The molecule has 0 aliphatic carbocycles. The van der Waals surface area contributed by atoms with Gasteiger partial charge >= 0.3 is 0 Å². The number of hydrogen-bond acceptors (Lipinski definition) is 0. The van der Waals surface area contributed by atoms with Crippen LogP contribution in [0.3, 0.4) is 0 Å². The van der Waals surface area contributed by atoms with E-state index in [0.717, 1.165) is 5.56 Å². The quantitative estimate of drug-likeness (QED) is 0.515. The van der Waals surface area contributed by atoms with Crippen LogP contribution in [0.15, 0.2) is 24.3 Å². The first-order chi connectivity index (χ1) is 4.83. The molecule has 0 fully saturated rings. The van der Waals surface area contributed by atoms with Gasteiger partial charge in [-0.1, -0.05) is 12.1 Å². The molecule has 0 radical (unpaired) electrons. The number of rotatable bonds is 1. The predicted octanol–water partition coefficient (Wildman–Crippen LogP) is 2.00. The molecule has 0 saturated heterocycles. The summed E-state index contributed by atoms with van der Waals surface area (Å²) in [5.41, 5.74) is 0.976. The molecule has 0 saturated carbocycles. The molecule has 0 bridgehead atoms. The first kappa shape index (κ1) is 6.82. The molecule has 0 amide bonds. The average molecular weight is 134 g/mol. The van der Waals surface area contributed by atoms with Crippen molar-refractivity contribution in [1.29, 1.82) is 0 Å². The topological polar surface area (TPSA) is 0 Å². The smallest absolute Gasteiger partial charge is 0.123 e. The van der Waals surface area contributed by atoms with Crippen molar-refractivity contribution in [1.82, 2.24) is 0 Å². The largest absolute Gasteiger partial charge is 0.207 e. The zero-order valence-corrected chi connectivity index (χ0v) is 5.47. The van der Waals surface area contributed by atoms with Crippen molar-refractivity contribution < 1.29 is 4.39 Å². The van der Waals surface area contributed by atoms with Crippen LogP contribution in [0.4, 0.5) is 4.39 Å². The van der Waals surface area contributed by atoms with Gasteiger partial charge in [0.1, 0.15) is 5.82 Å². The van der Waals surface area contributed by atoms with E-state index >= 15 is 0 Å². The summed E-state index contributed by atoms with van der Waals surface area (Å²) >= 11 is 0. The van der Waals surface area contributed by atoms with Crippen LogP contribution in [0.25, 0.3) is 0 Å². The maximum atomic E-state index is 12.3. The van der Waals surface area contributed by atoms with E-state index in [2.05, 4.69) is 5.92 Å².